The number of hydrogen-bond donors (Lipinski definition) is 2. The van der Waals surface area contributed by atoms with Gasteiger partial charge in [-0.1, -0.05) is 18.2 Å². The van der Waals surface area contributed by atoms with Gasteiger partial charge in [0.25, 0.3) is 5.91 Å². The summed E-state index contributed by atoms with van der Waals surface area (Å²) in [6, 6.07) is 11.5. The highest BCUT2D eigenvalue weighted by atomic mass is 16.2. The second-order valence-electron chi connectivity index (χ2n) is 6.46. The minimum atomic E-state index is -0.328. The third kappa shape index (κ3) is 2.67. The number of pyridine rings is 1. The monoisotopic (exact) mass is 337 g/mol. The molecule has 1 aliphatic heterocycles. The lowest BCUT2D eigenvalue weighted by Gasteiger charge is -2.28. The van der Waals surface area contributed by atoms with Gasteiger partial charge in [0.1, 0.15) is 5.69 Å². The number of imidazole rings is 1. The third-order valence-electron chi connectivity index (χ3n) is 4.67. The van der Waals surface area contributed by atoms with Crippen LogP contribution in [-0.4, -0.2) is 45.4 Å². The van der Waals surface area contributed by atoms with E-state index in [1.54, 1.807) is 12.1 Å². The van der Waals surface area contributed by atoms with E-state index in [4.69, 9.17) is 0 Å². The number of carbonyl (C=O) groups excluding carboxylic acids is 1. The molecule has 7 heteroatoms. The maximum atomic E-state index is 13.1. The minimum Gasteiger partial charge on any atom is -0.372 e. The summed E-state index contributed by atoms with van der Waals surface area (Å²) in [5.41, 5.74) is 3.25. The van der Waals surface area contributed by atoms with Gasteiger partial charge < -0.3 is 14.8 Å². The van der Waals surface area contributed by atoms with Gasteiger partial charge in [0.2, 0.25) is 0 Å². The fourth-order valence-corrected chi connectivity index (χ4v) is 3.40. The largest absolute Gasteiger partial charge is 0.372 e. The van der Waals surface area contributed by atoms with Crippen molar-refractivity contribution in [1.82, 2.24) is 19.9 Å². The molecule has 0 radical (unpaired) electrons. The van der Waals surface area contributed by atoms with Crippen molar-refractivity contribution in [2.75, 3.05) is 18.5 Å². The Balaban J connectivity index is 1.71. The first-order valence-corrected chi connectivity index (χ1v) is 8.22. The van der Waals surface area contributed by atoms with Crippen LogP contribution in [0.5, 0.6) is 0 Å². The maximum Gasteiger partial charge on any atom is 0.325 e. The first-order valence-electron chi connectivity index (χ1n) is 8.22. The van der Waals surface area contributed by atoms with E-state index in [9.17, 15) is 9.59 Å². The predicted molar refractivity (Wildman–Crippen MR) is 95.8 cm³/mol. The van der Waals surface area contributed by atoms with Crippen molar-refractivity contribution in [2.45, 2.75) is 19.5 Å². The Bertz CT molecular complexity index is 1010. The van der Waals surface area contributed by atoms with Gasteiger partial charge in [0.15, 0.2) is 5.65 Å². The fraction of sp³-hybridized carbons (Fsp3) is 0.278. The number of likely N-dealkylation sites (N-methyl/N-ethyl adjacent to an activating group) is 1. The zero-order valence-corrected chi connectivity index (χ0v) is 14.1. The molecule has 25 heavy (non-hydrogen) atoms. The molecule has 0 saturated carbocycles. The topological polar surface area (TPSA) is 85.1 Å². The molecule has 1 amide bonds. The summed E-state index contributed by atoms with van der Waals surface area (Å²) in [6.45, 7) is 3.31. The van der Waals surface area contributed by atoms with Crippen LogP contribution in [-0.2, 0) is 6.54 Å². The van der Waals surface area contributed by atoms with Gasteiger partial charge in [-0.15, -0.1) is 0 Å². The Morgan fingerprint density at radius 2 is 2.00 bits per heavy atom. The molecule has 2 N–H and O–H groups in total. The summed E-state index contributed by atoms with van der Waals surface area (Å²) in [5.74, 6) is -0.137. The molecule has 4 rings (SSSR count). The van der Waals surface area contributed by atoms with Crippen LogP contribution in [0.15, 0.2) is 41.2 Å². The van der Waals surface area contributed by atoms with E-state index in [-0.39, 0.29) is 17.6 Å². The molecule has 0 bridgehead atoms. The lowest BCUT2D eigenvalue weighted by atomic mass is 10.1. The van der Waals surface area contributed by atoms with Gasteiger partial charge in [-0.25, -0.2) is 9.78 Å². The molecule has 1 atom stereocenters. The Kier molecular flexibility index (Phi) is 3.56. The Morgan fingerprint density at radius 1 is 1.20 bits per heavy atom. The van der Waals surface area contributed by atoms with Crippen LogP contribution >= 0.6 is 0 Å². The molecule has 7 nitrogen and oxygen atoms in total. The van der Waals surface area contributed by atoms with Gasteiger partial charge in [0, 0.05) is 31.9 Å². The Morgan fingerprint density at radius 3 is 2.84 bits per heavy atom. The molecule has 2 aromatic heterocycles. The van der Waals surface area contributed by atoms with Crippen LogP contribution in [0, 0.1) is 0 Å². The van der Waals surface area contributed by atoms with Crippen molar-refractivity contribution < 1.29 is 4.79 Å². The molecular formula is C18H19N5O2. The number of anilines is 1. The van der Waals surface area contributed by atoms with Gasteiger partial charge in [-0.05, 0) is 30.7 Å². The summed E-state index contributed by atoms with van der Waals surface area (Å²) < 4.78 is 0. The van der Waals surface area contributed by atoms with E-state index in [0.29, 0.717) is 23.4 Å². The molecule has 0 aliphatic carbocycles. The second-order valence-corrected chi connectivity index (χ2v) is 6.46. The van der Waals surface area contributed by atoms with E-state index in [2.05, 4.69) is 25.9 Å². The van der Waals surface area contributed by atoms with Crippen LogP contribution in [0.1, 0.15) is 23.0 Å². The lowest BCUT2D eigenvalue weighted by Crippen LogP contribution is -2.42. The highest BCUT2D eigenvalue weighted by Crippen LogP contribution is 2.26. The number of H-pyrrole nitrogens is 2. The number of benzene rings is 1. The van der Waals surface area contributed by atoms with Crippen LogP contribution < -0.4 is 10.6 Å². The van der Waals surface area contributed by atoms with Gasteiger partial charge >= 0.3 is 5.69 Å². The maximum absolute atomic E-state index is 13.1. The SMILES string of the molecule is C[C@H]1CN(C)c2ccccc2CN1C(=O)c1ccc2[nH]c(=O)[nH]c2n1. The number of aromatic amines is 2. The van der Waals surface area contributed by atoms with Gasteiger partial charge in [-0.3, -0.25) is 9.78 Å². The highest BCUT2D eigenvalue weighted by molar-refractivity contribution is 5.94. The summed E-state index contributed by atoms with van der Waals surface area (Å²) in [4.78, 5) is 38.0. The van der Waals surface area contributed by atoms with Crippen molar-refractivity contribution in [3.8, 4) is 0 Å². The van der Waals surface area contributed by atoms with Crippen molar-refractivity contribution in [3.05, 3.63) is 58.1 Å². The van der Waals surface area contributed by atoms with Crippen molar-refractivity contribution in [2.24, 2.45) is 0 Å². The number of rotatable bonds is 1. The normalized spacial score (nSPS) is 17.4. The molecular weight excluding hydrogens is 318 g/mol. The van der Waals surface area contributed by atoms with E-state index < -0.39 is 0 Å². The van der Waals surface area contributed by atoms with E-state index in [1.165, 1.54) is 0 Å². The lowest BCUT2D eigenvalue weighted by molar-refractivity contribution is 0.0681. The number of fused-ring (bicyclic) bond motifs is 2. The second kappa shape index (κ2) is 5.77. The average Bonchev–Trinajstić information content (AvgIpc) is 2.92. The molecule has 1 aliphatic rings. The molecule has 3 aromatic rings. The average molecular weight is 337 g/mol. The number of carbonyl (C=O) groups is 1. The number of aromatic nitrogens is 3. The molecule has 1 aromatic carbocycles. The van der Waals surface area contributed by atoms with Crippen LogP contribution in [0.4, 0.5) is 5.69 Å². The summed E-state index contributed by atoms with van der Waals surface area (Å²) >= 11 is 0. The smallest absolute Gasteiger partial charge is 0.325 e. The molecule has 0 unspecified atom stereocenters. The quantitative estimate of drug-likeness (QED) is 0.708. The molecule has 128 valence electrons. The molecule has 0 spiro atoms. The Hall–Kier alpha value is -3.09. The number of nitrogens with one attached hydrogen (secondary N) is 2. The van der Waals surface area contributed by atoms with Crippen molar-refractivity contribution in [3.63, 3.8) is 0 Å². The molecule has 0 fully saturated rings. The number of amides is 1. The van der Waals surface area contributed by atoms with Crippen LogP contribution in [0.25, 0.3) is 11.2 Å². The van der Waals surface area contributed by atoms with E-state index in [1.807, 2.05) is 37.1 Å². The summed E-state index contributed by atoms with van der Waals surface area (Å²) in [6.07, 6.45) is 0. The van der Waals surface area contributed by atoms with Crippen LogP contribution in [0.2, 0.25) is 0 Å². The standard InChI is InChI=1S/C18H19N5O2/c1-11-9-22(2)15-6-4-3-5-12(15)10-23(11)17(24)14-8-7-13-16(19-14)21-18(25)20-13/h3-8,11H,9-10H2,1-2H3,(H2,19,20,21,25)/t11-/m0/s1. The Labute approximate surface area is 144 Å². The van der Waals surface area contributed by atoms with Crippen LogP contribution in [0.3, 0.4) is 0 Å². The zero-order chi connectivity index (χ0) is 17.6. The molecule has 3 heterocycles. The highest BCUT2D eigenvalue weighted by Gasteiger charge is 2.28. The molecule has 0 saturated heterocycles. The fourth-order valence-electron chi connectivity index (χ4n) is 3.40. The predicted octanol–water partition coefficient (Wildman–Crippen LogP) is 1.73. The van der Waals surface area contributed by atoms with Gasteiger partial charge in [0.05, 0.1) is 5.52 Å². The van der Waals surface area contributed by atoms with Gasteiger partial charge in [-0.2, -0.15) is 0 Å². The minimum absolute atomic E-state index is 0.0349. The zero-order valence-electron chi connectivity index (χ0n) is 14.1. The number of para-hydroxylation sites is 1. The first kappa shape index (κ1) is 15.4. The van der Waals surface area contributed by atoms with Crippen molar-refractivity contribution in [1.29, 1.82) is 0 Å². The third-order valence-corrected chi connectivity index (χ3v) is 4.67. The van der Waals surface area contributed by atoms with Crippen molar-refractivity contribution >= 4 is 22.8 Å². The first-order chi connectivity index (χ1) is 12.0. The summed E-state index contributed by atoms with van der Waals surface area (Å²) in [7, 11) is 2.04. The number of nitrogens with zero attached hydrogens (tertiary/aromatic N) is 3. The number of hydrogen-bond acceptors (Lipinski definition) is 4. The van der Waals surface area contributed by atoms with E-state index >= 15 is 0 Å². The summed E-state index contributed by atoms with van der Waals surface area (Å²) in [5, 5.41) is 0. The van der Waals surface area contributed by atoms with E-state index in [0.717, 1.165) is 17.8 Å².